The van der Waals surface area contributed by atoms with Gasteiger partial charge in [0.2, 0.25) is 0 Å². The summed E-state index contributed by atoms with van der Waals surface area (Å²) in [6.45, 7) is 10.5. The first-order valence-corrected chi connectivity index (χ1v) is 5.78. The van der Waals surface area contributed by atoms with Crippen molar-refractivity contribution < 1.29 is 0 Å². The van der Waals surface area contributed by atoms with Crippen LogP contribution in [0.3, 0.4) is 0 Å². The standard InChI is InChI=1S/C10H11NS.C2H6/c1-6-4-7(2)9-5-11-12-10(9)8(6)3;1-2/h4-5H,1-3H3;1-2H3. The Morgan fingerprint density at radius 1 is 1.07 bits per heavy atom. The molecule has 1 heterocycles. The third-order valence-electron chi connectivity index (χ3n) is 2.36. The molecular weight excluding hydrogens is 190 g/mol. The van der Waals surface area contributed by atoms with Gasteiger partial charge < -0.3 is 0 Å². The molecule has 0 fully saturated rings. The molecule has 0 amide bonds. The van der Waals surface area contributed by atoms with Crippen LogP contribution in [0, 0.1) is 20.8 Å². The Morgan fingerprint density at radius 3 is 2.36 bits per heavy atom. The fraction of sp³-hybridized carbons (Fsp3) is 0.417. The number of aromatic nitrogens is 1. The molecule has 0 spiro atoms. The number of hydrogen-bond acceptors (Lipinski definition) is 2. The Hall–Kier alpha value is -0.890. The average molecular weight is 207 g/mol. The van der Waals surface area contributed by atoms with Gasteiger partial charge in [-0.15, -0.1) is 0 Å². The van der Waals surface area contributed by atoms with Crippen LogP contribution in [0.2, 0.25) is 0 Å². The maximum atomic E-state index is 4.21. The van der Waals surface area contributed by atoms with Gasteiger partial charge in [0.05, 0.1) is 4.70 Å². The number of rotatable bonds is 0. The van der Waals surface area contributed by atoms with Crippen molar-refractivity contribution >= 4 is 21.6 Å². The maximum absolute atomic E-state index is 4.21. The van der Waals surface area contributed by atoms with E-state index in [4.69, 9.17) is 0 Å². The molecule has 1 nitrogen and oxygen atoms in total. The van der Waals surface area contributed by atoms with E-state index in [1.807, 2.05) is 20.0 Å². The highest BCUT2D eigenvalue weighted by Crippen LogP contribution is 2.27. The van der Waals surface area contributed by atoms with E-state index < -0.39 is 0 Å². The SMILES string of the molecule is CC.Cc1cc(C)c2cnsc2c1C. The minimum atomic E-state index is 1.31. The third kappa shape index (κ3) is 1.80. The quantitative estimate of drug-likeness (QED) is 0.629. The molecule has 1 aromatic heterocycles. The van der Waals surface area contributed by atoms with E-state index in [0.29, 0.717) is 0 Å². The number of fused-ring (bicyclic) bond motifs is 1. The maximum Gasteiger partial charge on any atom is 0.0584 e. The summed E-state index contributed by atoms with van der Waals surface area (Å²) in [7, 11) is 0. The fourth-order valence-electron chi connectivity index (χ4n) is 1.48. The first-order valence-electron chi connectivity index (χ1n) is 5.01. The van der Waals surface area contributed by atoms with Gasteiger partial charge in [0.15, 0.2) is 0 Å². The lowest BCUT2D eigenvalue weighted by atomic mass is 10.0. The summed E-state index contributed by atoms with van der Waals surface area (Å²) in [5.74, 6) is 0. The molecule has 2 heteroatoms. The monoisotopic (exact) mass is 207 g/mol. The van der Waals surface area contributed by atoms with Gasteiger partial charge in [-0.1, -0.05) is 19.9 Å². The van der Waals surface area contributed by atoms with Crippen molar-refractivity contribution in [3.63, 3.8) is 0 Å². The van der Waals surface area contributed by atoms with Crippen molar-refractivity contribution in [2.75, 3.05) is 0 Å². The van der Waals surface area contributed by atoms with Crippen molar-refractivity contribution in [2.24, 2.45) is 0 Å². The molecule has 2 aromatic rings. The highest BCUT2D eigenvalue weighted by molar-refractivity contribution is 7.13. The van der Waals surface area contributed by atoms with Gasteiger partial charge in [0.25, 0.3) is 0 Å². The van der Waals surface area contributed by atoms with E-state index in [2.05, 4.69) is 31.2 Å². The lowest BCUT2D eigenvalue weighted by Crippen LogP contribution is -1.83. The zero-order chi connectivity index (χ0) is 10.7. The smallest absolute Gasteiger partial charge is 0.0584 e. The Morgan fingerprint density at radius 2 is 1.71 bits per heavy atom. The zero-order valence-electron chi connectivity index (χ0n) is 9.51. The summed E-state index contributed by atoms with van der Waals surface area (Å²) in [6.07, 6.45) is 1.96. The number of aryl methyl sites for hydroxylation is 3. The molecule has 0 saturated carbocycles. The van der Waals surface area contributed by atoms with Gasteiger partial charge in [-0.3, -0.25) is 0 Å². The molecule has 0 unspecified atom stereocenters. The molecular formula is C12H17NS. The molecule has 1 aromatic carbocycles. The van der Waals surface area contributed by atoms with Gasteiger partial charge in [-0.25, -0.2) is 0 Å². The highest BCUT2D eigenvalue weighted by atomic mass is 32.1. The number of benzene rings is 1. The second-order valence-electron chi connectivity index (χ2n) is 3.20. The average Bonchev–Trinajstić information content (AvgIpc) is 2.67. The van der Waals surface area contributed by atoms with Crippen LogP contribution < -0.4 is 0 Å². The van der Waals surface area contributed by atoms with E-state index in [9.17, 15) is 0 Å². The van der Waals surface area contributed by atoms with E-state index >= 15 is 0 Å². The van der Waals surface area contributed by atoms with Gasteiger partial charge in [-0.2, -0.15) is 4.37 Å². The molecule has 0 aliphatic heterocycles. The minimum absolute atomic E-state index is 1.31. The van der Waals surface area contributed by atoms with Crippen LogP contribution in [0.25, 0.3) is 10.1 Å². The van der Waals surface area contributed by atoms with Crippen LogP contribution in [0.1, 0.15) is 30.5 Å². The van der Waals surface area contributed by atoms with E-state index in [-0.39, 0.29) is 0 Å². The Kier molecular flexibility index (Phi) is 3.64. The molecule has 0 atom stereocenters. The Balaban J connectivity index is 0.000000461. The molecule has 0 bridgehead atoms. The summed E-state index contributed by atoms with van der Waals surface area (Å²) >= 11 is 1.59. The molecule has 0 N–H and O–H groups in total. The summed E-state index contributed by atoms with van der Waals surface area (Å²) < 4.78 is 5.55. The summed E-state index contributed by atoms with van der Waals surface area (Å²) in [5.41, 5.74) is 4.07. The fourth-order valence-corrected chi connectivity index (χ4v) is 2.35. The summed E-state index contributed by atoms with van der Waals surface area (Å²) in [6, 6.07) is 2.23. The summed E-state index contributed by atoms with van der Waals surface area (Å²) in [5, 5.41) is 1.31. The van der Waals surface area contributed by atoms with Crippen molar-refractivity contribution in [1.29, 1.82) is 0 Å². The largest absolute Gasteiger partial charge is 0.200 e. The van der Waals surface area contributed by atoms with Gasteiger partial charge in [0, 0.05) is 11.6 Å². The predicted octanol–water partition coefficient (Wildman–Crippen LogP) is 4.25. The first kappa shape index (κ1) is 11.2. The molecule has 76 valence electrons. The van der Waals surface area contributed by atoms with E-state index in [1.54, 1.807) is 11.5 Å². The molecule has 0 saturated heterocycles. The number of hydrogen-bond donors (Lipinski definition) is 0. The van der Waals surface area contributed by atoms with Crippen LogP contribution in [0.15, 0.2) is 12.3 Å². The molecule has 14 heavy (non-hydrogen) atoms. The molecule has 2 rings (SSSR count). The van der Waals surface area contributed by atoms with Crippen molar-refractivity contribution in [3.8, 4) is 0 Å². The number of nitrogens with zero attached hydrogens (tertiary/aromatic N) is 1. The lowest BCUT2D eigenvalue weighted by Gasteiger charge is -2.02. The van der Waals surface area contributed by atoms with Gasteiger partial charge >= 0.3 is 0 Å². The van der Waals surface area contributed by atoms with Crippen LogP contribution in [0.4, 0.5) is 0 Å². The van der Waals surface area contributed by atoms with Crippen LogP contribution in [0.5, 0.6) is 0 Å². The highest BCUT2D eigenvalue weighted by Gasteiger charge is 2.05. The van der Waals surface area contributed by atoms with Gasteiger partial charge in [-0.05, 0) is 49.0 Å². The normalized spacial score (nSPS) is 9.79. The molecule has 0 aliphatic carbocycles. The third-order valence-corrected chi connectivity index (χ3v) is 3.28. The molecule has 0 aliphatic rings. The lowest BCUT2D eigenvalue weighted by molar-refractivity contribution is 1.35. The van der Waals surface area contributed by atoms with Crippen LogP contribution >= 0.6 is 11.5 Å². The predicted molar refractivity (Wildman–Crippen MR) is 65.2 cm³/mol. The van der Waals surface area contributed by atoms with Crippen LogP contribution in [-0.4, -0.2) is 4.37 Å². The summed E-state index contributed by atoms with van der Waals surface area (Å²) in [4.78, 5) is 0. The first-order chi connectivity index (χ1) is 6.70. The second kappa shape index (κ2) is 4.56. The van der Waals surface area contributed by atoms with Crippen molar-refractivity contribution in [2.45, 2.75) is 34.6 Å². The van der Waals surface area contributed by atoms with Crippen molar-refractivity contribution in [3.05, 3.63) is 29.0 Å². The van der Waals surface area contributed by atoms with Crippen LogP contribution in [-0.2, 0) is 0 Å². The topological polar surface area (TPSA) is 12.9 Å². The molecule has 0 radical (unpaired) electrons. The zero-order valence-corrected chi connectivity index (χ0v) is 10.3. The second-order valence-corrected chi connectivity index (χ2v) is 4.01. The van der Waals surface area contributed by atoms with Crippen molar-refractivity contribution in [1.82, 2.24) is 4.37 Å². The Labute approximate surface area is 89.9 Å². The Bertz CT molecular complexity index is 429. The van der Waals surface area contributed by atoms with Gasteiger partial charge in [0.1, 0.15) is 0 Å². The van der Waals surface area contributed by atoms with E-state index in [0.717, 1.165) is 0 Å². The van der Waals surface area contributed by atoms with E-state index in [1.165, 1.54) is 26.8 Å². The minimum Gasteiger partial charge on any atom is -0.200 e.